The lowest BCUT2D eigenvalue weighted by atomic mass is 10.1. The molecule has 0 aliphatic rings. The SMILES string of the molecule is COc1ccc(-c2ccnc(Nc3ncccc3C(F)(F)F)n2)cc1OC. The van der Waals surface area contributed by atoms with Crippen molar-refractivity contribution in [2.75, 3.05) is 19.5 Å². The highest BCUT2D eigenvalue weighted by Gasteiger charge is 2.34. The van der Waals surface area contributed by atoms with Crippen LogP contribution in [0.1, 0.15) is 5.56 Å². The summed E-state index contributed by atoms with van der Waals surface area (Å²) in [6.07, 6.45) is -1.84. The third-order valence-corrected chi connectivity index (χ3v) is 3.68. The number of aromatic nitrogens is 3. The summed E-state index contributed by atoms with van der Waals surface area (Å²) in [5.74, 6) is 0.685. The minimum Gasteiger partial charge on any atom is -0.493 e. The monoisotopic (exact) mass is 376 g/mol. The van der Waals surface area contributed by atoms with Gasteiger partial charge in [-0.05, 0) is 36.4 Å². The van der Waals surface area contributed by atoms with Crippen molar-refractivity contribution >= 4 is 11.8 Å². The molecular weight excluding hydrogens is 361 g/mol. The molecular formula is C18H15F3N4O2. The van der Waals surface area contributed by atoms with Crippen molar-refractivity contribution in [1.82, 2.24) is 15.0 Å². The summed E-state index contributed by atoms with van der Waals surface area (Å²) in [7, 11) is 3.03. The smallest absolute Gasteiger partial charge is 0.419 e. The molecule has 0 fully saturated rings. The molecule has 2 aromatic heterocycles. The fourth-order valence-electron chi connectivity index (χ4n) is 2.41. The van der Waals surface area contributed by atoms with Crippen molar-refractivity contribution in [2.45, 2.75) is 6.18 Å². The molecule has 140 valence electrons. The summed E-state index contributed by atoms with van der Waals surface area (Å²) in [6, 6.07) is 8.98. The third kappa shape index (κ3) is 4.08. The fraction of sp³-hybridized carbons (Fsp3) is 0.167. The quantitative estimate of drug-likeness (QED) is 0.715. The minimum atomic E-state index is -4.54. The van der Waals surface area contributed by atoms with Gasteiger partial charge < -0.3 is 14.8 Å². The van der Waals surface area contributed by atoms with Gasteiger partial charge in [0.05, 0.1) is 25.5 Å². The van der Waals surface area contributed by atoms with Crippen LogP contribution in [0.2, 0.25) is 0 Å². The highest BCUT2D eigenvalue weighted by atomic mass is 19.4. The molecule has 0 amide bonds. The maximum absolute atomic E-state index is 13.1. The van der Waals surface area contributed by atoms with E-state index in [-0.39, 0.29) is 11.8 Å². The molecule has 0 aliphatic heterocycles. The molecule has 6 nitrogen and oxygen atoms in total. The number of halogens is 3. The molecule has 3 aromatic rings. The van der Waals surface area contributed by atoms with Gasteiger partial charge in [-0.1, -0.05) is 0 Å². The Hall–Kier alpha value is -3.36. The Morgan fingerprint density at radius 3 is 2.41 bits per heavy atom. The molecule has 1 aromatic carbocycles. The normalized spacial score (nSPS) is 11.1. The summed E-state index contributed by atoms with van der Waals surface area (Å²) < 4.78 is 49.8. The van der Waals surface area contributed by atoms with Crippen LogP contribution in [0.25, 0.3) is 11.3 Å². The average molecular weight is 376 g/mol. The predicted octanol–water partition coefficient (Wildman–Crippen LogP) is 4.32. The molecule has 27 heavy (non-hydrogen) atoms. The Labute approximate surface area is 153 Å². The highest BCUT2D eigenvalue weighted by molar-refractivity contribution is 5.65. The maximum Gasteiger partial charge on any atom is 0.419 e. The van der Waals surface area contributed by atoms with Gasteiger partial charge in [0.2, 0.25) is 5.95 Å². The number of nitrogens with zero attached hydrogens (tertiary/aromatic N) is 3. The van der Waals surface area contributed by atoms with Crippen LogP contribution < -0.4 is 14.8 Å². The molecule has 0 atom stereocenters. The summed E-state index contributed by atoms with van der Waals surface area (Å²) in [6.45, 7) is 0. The first-order valence-corrected chi connectivity index (χ1v) is 7.77. The molecule has 0 bridgehead atoms. The molecule has 0 saturated heterocycles. The molecule has 0 spiro atoms. The van der Waals surface area contributed by atoms with Crippen LogP contribution in [0, 0.1) is 0 Å². The Morgan fingerprint density at radius 2 is 1.70 bits per heavy atom. The van der Waals surface area contributed by atoms with E-state index in [2.05, 4.69) is 20.3 Å². The maximum atomic E-state index is 13.1. The molecule has 2 heterocycles. The van der Waals surface area contributed by atoms with Gasteiger partial charge in [-0.15, -0.1) is 0 Å². The summed E-state index contributed by atoms with van der Waals surface area (Å²) >= 11 is 0. The van der Waals surface area contributed by atoms with Gasteiger partial charge in [0.15, 0.2) is 11.5 Å². The van der Waals surface area contributed by atoms with Gasteiger partial charge in [0.1, 0.15) is 5.82 Å². The van der Waals surface area contributed by atoms with Crippen LogP contribution >= 0.6 is 0 Å². The van der Waals surface area contributed by atoms with E-state index in [1.807, 2.05) is 0 Å². The zero-order chi connectivity index (χ0) is 19.4. The topological polar surface area (TPSA) is 69.2 Å². The second-order valence-corrected chi connectivity index (χ2v) is 5.36. The van der Waals surface area contributed by atoms with E-state index in [1.54, 1.807) is 24.3 Å². The summed E-state index contributed by atoms with van der Waals surface area (Å²) in [4.78, 5) is 12.0. The second kappa shape index (κ2) is 7.48. The Balaban J connectivity index is 1.94. The van der Waals surface area contributed by atoms with E-state index in [0.717, 1.165) is 6.07 Å². The Bertz CT molecular complexity index is 948. The molecule has 0 unspecified atom stereocenters. The third-order valence-electron chi connectivity index (χ3n) is 3.68. The minimum absolute atomic E-state index is 0.00788. The molecule has 9 heteroatoms. The zero-order valence-corrected chi connectivity index (χ0v) is 14.4. The van der Waals surface area contributed by atoms with Gasteiger partial charge >= 0.3 is 6.18 Å². The molecule has 1 N–H and O–H groups in total. The Morgan fingerprint density at radius 1 is 0.926 bits per heavy atom. The first-order chi connectivity index (χ1) is 12.9. The van der Waals surface area contributed by atoms with Crippen LogP contribution in [-0.2, 0) is 6.18 Å². The van der Waals surface area contributed by atoms with Gasteiger partial charge in [-0.2, -0.15) is 13.2 Å². The number of ether oxygens (including phenoxy) is 2. The van der Waals surface area contributed by atoms with Crippen molar-refractivity contribution in [3.63, 3.8) is 0 Å². The number of nitrogens with one attached hydrogen (secondary N) is 1. The lowest BCUT2D eigenvalue weighted by Gasteiger charge is -2.13. The van der Waals surface area contributed by atoms with Gasteiger partial charge in [-0.3, -0.25) is 0 Å². The summed E-state index contributed by atoms with van der Waals surface area (Å²) in [5, 5.41) is 2.53. The van der Waals surface area contributed by atoms with Crippen molar-refractivity contribution in [1.29, 1.82) is 0 Å². The molecule has 0 saturated carbocycles. The van der Waals surface area contributed by atoms with E-state index in [9.17, 15) is 13.2 Å². The fourth-order valence-corrected chi connectivity index (χ4v) is 2.41. The number of methoxy groups -OCH3 is 2. The zero-order valence-electron chi connectivity index (χ0n) is 14.4. The Kier molecular flexibility index (Phi) is 5.11. The van der Waals surface area contributed by atoms with E-state index in [1.165, 1.54) is 32.7 Å². The number of hydrogen-bond donors (Lipinski definition) is 1. The second-order valence-electron chi connectivity index (χ2n) is 5.36. The van der Waals surface area contributed by atoms with Crippen LogP contribution in [-0.4, -0.2) is 29.2 Å². The molecule has 0 aliphatic carbocycles. The van der Waals surface area contributed by atoms with E-state index < -0.39 is 11.7 Å². The standard InChI is InChI=1S/C18H15F3N4O2/c1-26-14-6-5-11(10-15(14)27-2)13-7-9-23-17(24-13)25-16-12(18(19,20)21)4-3-8-22-16/h3-10H,1-2H3,(H,22,23,24,25). The molecule has 3 rings (SSSR count). The van der Waals surface area contributed by atoms with Gasteiger partial charge in [0, 0.05) is 18.0 Å². The largest absolute Gasteiger partial charge is 0.493 e. The number of anilines is 2. The number of rotatable bonds is 5. The first kappa shape index (κ1) is 18.4. The van der Waals surface area contributed by atoms with Crippen LogP contribution in [0.15, 0.2) is 48.8 Å². The van der Waals surface area contributed by atoms with E-state index in [0.29, 0.717) is 22.8 Å². The number of pyridine rings is 1. The summed E-state index contributed by atoms with van der Waals surface area (Å²) in [5.41, 5.74) is 0.290. The number of hydrogen-bond acceptors (Lipinski definition) is 6. The van der Waals surface area contributed by atoms with Gasteiger partial charge in [0.25, 0.3) is 0 Å². The van der Waals surface area contributed by atoms with Crippen molar-refractivity contribution in [2.24, 2.45) is 0 Å². The van der Waals surface area contributed by atoms with Crippen LogP contribution in [0.3, 0.4) is 0 Å². The average Bonchev–Trinajstić information content (AvgIpc) is 2.67. The lowest BCUT2D eigenvalue weighted by Crippen LogP contribution is -2.11. The van der Waals surface area contributed by atoms with E-state index >= 15 is 0 Å². The first-order valence-electron chi connectivity index (χ1n) is 7.77. The van der Waals surface area contributed by atoms with E-state index in [4.69, 9.17) is 9.47 Å². The number of alkyl halides is 3. The number of benzene rings is 1. The lowest BCUT2D eigenvalue weighted by molar-refractivity contribution is -0.137. The van der Waals surface area contributed by atoms with Crippen molar-refractivity contribution < 1.29 is 22.6 Å². The highest BCUT2D eigenvalue weighted by Crippen LogP contribution is 2.35. The van der Waals surface area contributed by atoms with Crippen molar-refractivity contribution in [3.8, 4) is 22.8 Å². The van der Waals surface area contributed by atoms with Gasteiger partial charge in [-0.25, -0.2) is 15.0 Å². The molecule has 0 radical (unpaired) electrons. The predicted molar refractivity (Wildman–Crippen MR) is 93.1 cm³/mol. The van der Waals surface area contributed by atoms with Crippen molar-refractivity contribution in [3.05, 3.63) is 54.4 Å². The van der Waals surface area contributed by atoms with Crippen LogP contribution in [0.5, 0.6) is 11.5 Å². The van der Waals surface area contributed by atoms with Crippen LogP contribution in [0.4, 0.5) is 24.9 Å².